The third-order valence-corrected chi connectivity index (χ3v) is 6.74. The minimum absolute atomic E-state index is 0.159. The molecule has 27 heavy (non-hydrogen) atoms. The molecular weight excluding hydrogens is 362 g/mol. The number of carbonyl (C=O) groups excluding carboxylic acids is 1. The summed E-state index contributed by atoms with van der Waals surface area (Å²) in [6, 6.07) is 15.7. The van der Waals surface area contributed by atoms with Crippen LogP contribution in [0.1, 0.15) is 28.9 Å². The Balaban J connectivity index is 1.76. The third-order valence-electron chi connectivity index (χ3n) is 4.84. The average Bonchev–Trinajstić information content (AvgIpc) is 2.69. The molecule has 1 atom stereocenters. The molecule has 2 aromatic carbocycles. The number of hydrogen-bond acceptors (Lipinski definition) is 4. The fourth-order valence-electron chi connectivity index (χ4n) is 3.08. The lowest BCUT2D eigenvalue weighted by Gasteiger charge is -2.31. The summed E-state index contributed by atoms with van der Waals surface area (Å²) in [7, 11) is -1.62. The summed E-state index contributed by atoms with van der Waals surface area (Å²) in [6.07, 6.45) is 0. The zero-order chi connectivity index (χ0) is 19.4. The predicted octanol–water partition coefficient (Wildman–Crippen LogP) is 2.11. The van der Waals surface area contributed by atoms with Gasteiger partial charge in [0, 0.05) is 31.7 Å². The topological polar surface area (TPSA) is 69.7 Å². The summed E-state index contributed by atoms with van der Waals surface area (Å²) in [4.78, 5) is 14.9. The zero-order valence-electron chi connectivity index (χ0n) is 15.6. The molecule has 1 aliphatic heterocycles. The molecule has 0 bridgehead atoms. The number of piperazine rings is 1. The van der Waals surface area contributed by atoms with E-state index in [-0.39, 0.29) is 16.8 Å². The van der Waals surface area contributed by atoms with Gasteiger partial charge < -0.3 is 10.2 Å². The Morgan fingerprint density at radius 1 is 1.00 bits per heavy atom. The molecule has 0 saturated carbocycles. The van der Waals surface area contributed by atoms with Gasteiger partial charge in [0.15, 0.2) is 0 Å². The molecule has 0 aromatic heterocycles. The van der Waals surface area contributed by atoms with Crippen LogP contribution >= 0.6 is 0 Å². The second kappa shape index (κ2) is 8.21. The molecular formula is C20H25N3O3S. The minimum atomic E-state index is -3.60. The van der Waals surface area contributed by atoms with E-state index in [0.717, 1.165) is 5.56 Å². The first-order valence-electron chi connectivity index (χ1n) is 9.02. The Kier molecular flexibility index (Phi) is 5.94. The number of benzene rings is 2. The van der Waals surface area contributed by atoms with Crippen LogP contribution < -0.4 is 5.32 Å². The van der Waals surface area contributed by atoms with Crippen molar-refractivity contribution >= 4 is 15.9 Å². The highest BCUT2D eigenvalue weighted by molar-refractivity contribution is 7.89. The lowest BCUT2D eigenvalue weighted by Crippen LogP contribution is -2.47. The maximum Gasteiger partial charge on any atom is 0.251 e. The van der Waals surface area contributed by atoms with Crippen molar-refractivity contribution in [1.82, 2.24) is 14.5 Å². The molecule has 6 nitrogen and oxygen atoms in total. The first-order valence-corrected chi connectivity index (χ1v) is 10.5. The smallest absolute Gasteiger partial charge is 0.251 e. The van der Waals surface area contributed by atoms with Gasteiger partial charge in [-0.1, -0.05) is 36.4 Å². The van der Waals surface area contributed by atoms with E-state index in [4.69, 9.17) is 0 Å². The Labute approximate surface area is 160 Å². The number of rotatable bonds is 5. The van der Waals surface area contributed by atoms with Crippen molar-refractivity contribution in [2.45, 2.75) is 17.9 Å². The van der Waals surface area contributed by atoms with Gasteiger partial charge in [0.1, 0.15) is 0 Å². The van der Waals surface area contributed by atoms with Crippen LogP contribution in [0.2, 0.25) is 0 Å². The normalized spacial score (nSPS) is 17.4. The highest BCUT2D eigenvalue weighted by Gasteiger charge is 2.28. The van der Waals surface area contributed by atoms with Crippen molar-refractivity contribution in [3.8, 4) is 0 Å². The van der Waals surface area contributed by atoms with E-state index >= 15 is 0 Å². The lowest BCUT2D eigenvalue weighted by molar-refractivity contribution is 0.0939. The van der Waals surface area contributed by atoms with Gasteiger partial charge in [-0.25, -0.2) is 8.42 Å². The van der Waals surface area contributed by atoms with Crippen LogP contribution in [-0.4, -0.2) is 56.8 Å². The van der Waals surface area contributed by atoms with Gasteiger partial charge in [-0.3, -0.25) is 4.79 Å². The van der Waals surface area contributed by atoms with E-state index in [1.807, 2.05) is 44.3 Å². The second-order valence-electron chi connectivity index (χ2n) is 6.84. The fraction of sp³-hybridized carbons (Fsp3) is 0.350. The first-order chi connectivity index (χ1) is 12.9. The summed E-state index contributed by atoms with van der Waals surface area (Å²) in [6.45, 7) is 4.22. The monoisotopic (exact) mass is 387 g/mol. The van der Waals surface area contributed by atoms with E-state index in [9.17, 15) is 13.2 Å². The van der Waals surface area contributed by atoms with Crippen LogP contribution in [0, 0.1) is 0 Å². The molecule has 0 spiro atoms. The SMILES string of the molecule is CC(NC(=O)c1cccc(S(=O)(=O)N2CCN(C)CC2)c1)c1ccccc1. The Morgan fingerprint density at radius 2 is 1.67 bits per heavy atom. The van der Waals surface area contributed by atoms with Crippen LogP contribution in [0.15, 0.2) is 59.5 Å². The molecule has 144 valence electrons. The summed E-state index contributed by atoms with van der Waals surface area (Å²) in [5.41, 5.74) is 1.33. The van der Waals surface area contributed by atoms with E-state index < -0.39 is 10.0 Å². The maximum absolute atomic E-state index is 12.9. The highest BCUT2D eigenvalue weighted by Crippen LogP contribution is 2.19. The lowest BCUT2D eigenvalue weighted by atomic mass is 10.1. The van der Waals surface area contributed by atoms with Gasteiger partial charge in [0.2, 0.25) is 10.0 Å². The molecule has 0 aliphatic carbocycles. The Bertz CT molecular complexity index is 892. The van der Waals surface area contributed by atoms with Crippen molar-refractivity contribution < 1.29 is 13.2 Å². The molecule has 7 heteroatoms. The van der Waals surface area contributed by atoms with Gasteiger partial charge in [-0.15, -0.1) is 0 Å². The van der Waals surface area contributed by atoms with Gasteiger partial charge >= 0.3 is 0 Å². The summed E-state index contributed by atoms with van der Waals surface area (Å²) < 4.78 is 27.3. The quantitative estimate of drug-likeness (QED) is 0.853. The van der Waals surface area contributed by atoms with Crippen molar-refractivity contribution in [3.05, 3.63) is 65.7 Å². The molecule has 1 heterocycles. The summed E-state index contributed by atoms with van der Waals surface area (Å²) >= 11 is 0. The largest absolute Gasteiger partial charge is 0.346 e. The van der Waals surface area contributed by atoms with E-state index in [1.54, 1.807) is 18.2 Å². The van der Waals surface area contributed by atoms with Crippen LogP contribution in [0.3, 0.4) is 0 Å². The van der Waals surface area contributed by atoms with Crippen molar-refractivity contribution in [3.63, 3.8) is 0 Å². The summed E-state index contributed by atoms with van der Waals surface area (Å²) in [5, 5.41) is 2.92. The van der Waals surface area contributed by atoms with Crippen LogP contribution in [-0.2, 0) is 10.0 Å². The number of nitrogens with zero attached hydrogens (tertiary/aromatic N) is 2. The molecule has 3 rings (SSSR count). The molecule has 1 unspecified atom stereocenters. The maximum atomic E-state index is 12.9. The van der Waals surface area contributed by atoms with Crippen LogP contribution in [0.4, 0.5) is 0 Å². The standard InChI is InChI=1S/C20H25N3O3S/c1-16(17-7-4-3-5-8-17)21-20(24)18-9-6-10-19(15-18)27(25,26)23-13-11-22(2)12-14-23/h3-10,15-16H,11-14H2,1-2H3,(H,21,24). The first kappa shape index (κ1) is 19.5. The number of likely N-dealkylation sites (N-methyl/N-ethyl adjacent to an activating group) is 1. The molecule has 1 saturated heterocycles. The van der Waals surface area contributed by atoms with E-state index in [1.165, 1.54) is 10.4 Å². The number of carbonyl (C=O) groups is 1. The Hall–Kier alpha value is -2.22. The van der Waals surface area contributed by atoms with E-state index in [2.05, 4.69) is 10.2 Å². The molecule has 1 amide bonds. The van der Waals surface area contributed by atoms with Crippen LogP contribution in [0.25, 0.3) is 0 Å². The zero-order valence-corrected chi connectivity index (χ0v) is 16.4. The van der Waals surface area contributed by atoms with Crippen molar-refractivity contribution in [2.75, 3.05) is 33.2 Å². The van der Waals surface area contributed by atoms with Gasteiger partial charge in [-0.2, -0.15) is 4.31 Å². The molecule has 1 aliphatic rings. The second-order valence-corrected chi connectivity index (χ2v) is 8.78. The van der Waals surface area contributed by atoms with Gasteiger partial charge in [-0.05, 0) is 37.7 Å². The van der Waals surface area contributed by atoms with Gasteiger partial charge in [0.25, 0.3) is 5.91 Å². The van der Waals surface area contributed by atoms with Crippen LogP contribution in [0.5, 0.6) is 0 Å². The highest BCUT2D eigenvalue weighted by atomic mass is 32.2. The number of amides is 1. The predicted molar refractivity (Wildman–Crippen MR) is 105 cm³/mol. The number of hydrogen-bond donors (Lipinski definition) is 1. The number of nitrogens with one attached hydrogen (secondary N) is 1. The van der Waals surface area contributed by atoms with Crippen molar-refractivity contribution in [2.24, 2.45) is 0 Å². The molecule has 1 N–H and O–H groups in total. The third kappa shape index (κ3) is 4.55. The van der Waals surface area contributed by atoms with Gasteiger partial charge in [0.05, 0.1) is 10.9 Å². The molecule has 0 radical (unpaired) electrons. The summed E-state index contributed by atoms with van der Waals surface area (Å²) in [5.74, 6) is -0.290. The fourth-order valence-corrected chi connectivity index (χ4v) is 4.55. The van der Waals surface area contributed by atoms with Crippen molar-refractivity contribution in [1.29, 1.82) is 0 Å². The minimum Gasteiger partial charge on any atom is -0.346 e. The Morgan fingerprint density at radius 3 is 2.33 bits per heavy atom. The average molecular weight is 388 g/mol. The van der Waals surface area contributed by atoms with E-state index in [0.29, 0.717) is 31.7 Å². The molecule has 2 aromatic rings. The number of sulfonamides is 1. The molecule has 1 fully saturated rings.